The number of hydrogen-bond donors (Lipinski definition) is 2. The topological polar surface area (TPSA) is 83.6 Å². The van der Waals surface area contributed by atoms with Crippen molar-refractivity contribution >= 4 is 27.2 Å². The van der Waals surface area contributed by atoms with Crippen LogP contribution < -0.4 is 5.73 Å². The third kappa shape index (κ3) is 3.11. The summed E-state index contributed by atoms with van der Waals surface area (Å²) in [4.78, 5) is 0.430. The number of β-amino-alcohol motifs (C(OH)–C–C–N with tert-alkyl or cyclic N) is 1. The zero-order valence-electron chi connectivity index (χ0n) is 10.3. The molecule has 1 saturated heterocycles. The van der Waals surface area contributed by atoms with E-state index in [9.17, 15) is 13.5 Å². The van der Waals surface area contributed by atoms with Crippen molar-refractivity contribution in [3.05, 3.63) is 29.8 Å². The number of nitrogens with zero attached hydrogens (tertiary/aromatic N) is 1. The normalized spacial score (nSPS) is 21.2. The first-order chi connectivity index (χ1) is 8.91. The maximum atomic E-state index is 12.4. The highest BCUT2D eigenvalue weighted by molar-refractivity contribution is 7.89. The summed E-state index contributed by atoms with van der Waals surface area (Å²) in [5.74, 6) is 0. The van der Waals surface area contributed by atoms with Crippen molar-refractivity contribution in [3.8, 4) is 0 Å². The van der Waals surface area contributed by atoms with Crippen molar-refractivity contribution in [1.29, 1.82) is 0 Å². The fourth-order valence-corrected chi connectivity index (χ4v) is 3.73. The standard InChI is InChI=1S/C12H16N2O3S2/c13-12(18)9-3-5-11(6-4-9)19(16,17)14-7-1-2-10(15)8-14/h3-6,10,15H,1-2,7-8H2,(H2,13,18). The van der Waals surface area contributed by atoms with Gasteiger partial charge in [0, 0.05) is 18.7 Å². The molecule has 0 bridgehead atoms. The lowest BCUT2D eigenvalue weighted by atomic mass is 10.1. The van der Waals surface area contributed by atoms with Crippen molar-refractivity contribution in [2.45, 2.75) is 23.8 Å². The molecule has 1 aliphatic rings. The van der Waals surface area contributed by atoms with E-state index in [4.69, 9.17) is 18.0 Å². The molecule has 3 N–H and O–H groups in total. The van der Waals surface area contributed by atoms with Crippen LogP contribution in [0.3, 0.4) is 0 Å². The Hall–Kier alpha value is -1.02. The Bertz CT molecular complexity index is 569. The zero-order valence-corrected chi connectivity index (χ0v) is 12.0. The van der Waals surface area contributed by atoms with Gasteiger partial charge in [0.15, 0.2) is 0 Å². The predicted octanol–water partition coefficient (Wildman–Crippen LogP) is 0.466. The molecule has 1 aliphatic heterocycles. The first-order valence-electron chi connectivity index (χ1n) is 5.99. The molecule has 104 valence electrons. The van der Waals surface area contributed by atoms with Crippen LogP contribution in [0.1, 0.15) is 18.4 Å². The Morgan fingerprint density at radius 2 is 2.00 bits per heavy atom. The molecule has 1 unspecified atom stereocenters. The molecule has 0 amide bonds. The lowest BCUT2D eigenvalue weighted by Gasteiger charge is -2.29. The van der Waals surface area contributed by atoms with Crippen LogP contribution in [0.25, 0.3) is 0 Å². The first-order valence-corrected chi connectivity index (χ1v) is 7.84. The minimum atomic E-state index is -3.55. The van der Waals surface area contributed by atoms with E-state index in [1.165, 1.54) is 16.4 Å². The Morgan fingerprint density at radius 3 is 2.53 bits per heavy atom. The lowest BCUT2D eigenvalue weighted by Crippen LogP contribution is -2.42. The molecule has 0 aliphatic carbocycles. The highest BCUT2D eigenvalue weighted by Crippen LogP contribution is 2.21. The second-order valence-electron chi connectivity index (χ2n) is 4.55. The third-order valence-electron chi connectivity index (χ3n) is 3.14. The SMILES string of the molecule is NC(=S)c1ccc(S(=O)(=O)N2CCCC(O)C2)cc1. The van der Waals surface area contributed by atoms with Crippen molar-refractivity contribution in [3.63, 3.8) is 0 Å². The summed E-state index contributed by atoms with van der Waals surface area (Å²) in [6.45, 7) is 0.593. The van der Waals surface area contributed by atoms with Crippen LogP contribution in [0, 0.1) is 0 Å². The van der Waals surface area contributed by atoms with Gasteiger partial charge in [0.2, 0.25) is 10.0 Å². The number of thiocarbonyl (C=S) groups is 1. The molecule has 1 atom stereocenters. The van der Waals surface area contributed by atoms with E-state index < -0.39 is 16.1 Å². The summed E-state index contributed by atoms with van der Waals surface area (Å²) in [5.41, 5.74) is 6.10. The Balaban J connectivity index is 2.26. The van der Waals surface area contributed by atoms with Gasteiger partial charge in [0.05, 0.1) is 11.0 Å². The molecular formula is C12H16N2O3S2. The lowest BCUT2D eigenvalue weighted by molar-refractivity contribution is 0.108. The van der Waals surface area contributed by atoms with Crippen LogP contribution in [-0.2, 0) is 10.0 Å². The number of hydrogen-bond acceptors (Lipinski definition) is 4. The van der Waals surface area contributed by atoms with Gasteiger partial charge in [-0.15, -0.1) is 0 Å². The third-order valence-corrected chi connectivity index (χ3v) is 5.25. The summed E-state index contributed by atoms with van der Waals surface area (Å²) in [6, 6.07) is 6.17. The smallest absolute Gasteiger partial charge is 0.243 e. The van der Waals surface area contributed by atoms with Crippen LogP contribution in [-0.4, -0.2) is 42.0 Å². The number of piperidine rings is 1. The number of aliphatic hydroxyl groups excluding tert-OH is 1. The van der Waals surface area contributed by atoms with E-state index in [0.717, 1.165) is 0 Å². The molecule has 0 aromatic heterocycles. The van der Waals surface area contributed by atoms with Crippen molar-refractivity contribution in [2.75, 3.05) is 13.1 Å². The monoisotopic (exact) mass is 300 g/mol. The molecule has 1 fully saturated rings. The number of aliphatic hydroxyl groups is 1. The summed E-state index contributed by atoms with van der Waals surface area (Å²) < 4.78 is 26.0. The van der Waals surface area contributed by atoms with E-state index in [1.807, 2.05) is 0 Å². The Kier molecular flexibility index (Phi) is 4.19. The second-order valence-corrected chi connectivity index (χ2v) is 6.93. The first kappa shape index (κ1) is 14.4. The second kappa shape index (κ2) is 5.54. The van der Waals surface area contributed by atoms with Gasteiger partial charge in [-0.1, -0.05) is 24.4 Å². The summed E-state index contributed by atoms with van der Waals surface area (Å²) >= 11 is 4.82. The highest BCUT2D eigenvalue weighted by atomic mass is 32.2. The van der Waals surface area contributed by atoms with Gasteiger partial charge in [-0.25, -0.2) is 8.42 Å². The molecule has 1 heterocycles. The van der Waals surface area contributed by atoms with Gasteiger partial charge >= 0.3 is 0 Å². The molecule has 7 heteroatoms. The molecule has 19 heavy (non-hydrogen) atoms. The summed E-state index contributed by atoms with van der Waals surface area (Å²) in [6.07, 6.45) is 0.733. The van der Waals surface area contributed by atoms with Crippen LogP contribution >= 0.6 is 12.2 Å². The van der Waals surface area contributed by atoms with Gasteiger partial charge < -0.3 is 10.8 Å². The van der Waals surface area contributed by atoms with Crippen LogP contribution in [0.2, 0.25) is 0 Å². The van der Waals surface area contributed by atoms with Crippen molar-refractivity contribution in [2.24, 2.45) is 5.73 Å². The Morgan fingerprint density at radius 1 is 1.37 bits per heavy atom. The largest absolute Gasteiger partial charge is 0.392 e. The van der Waals surface area contributed by atoms with E-state index in [-0.39, 0.29) is 16.4 Å². The molecule has 0 spiro atoms. The minimum Gasteiger partial charge on any atom is -0.392 e. The van der Waals surface area contributed by atoms with E-state index in [1.54, 1.807) is 12.1 Å². The van der Waals surface area contributed by atoms with Crippen molar-refractivity contribution in [1.82, 2.24) is 4.31 Å². The molecular weight excluding hydrogens is 284 g/mol. The molecule has 0 radical (unpaired) electrons. The maximum Gasteiger partial charge on any atom is 0.243 e. The average molecular weight is 300 g/mol. The number of rotatable bonds is 3. The van der Waals surface area contributed by atoms with Gasteiger partial charge in [-0.3, -0.25) is 0 Å². The quantitative estimate of drug-likeness (QED) is 0.793. The molecule has 1 aromatic rings. The van der Waals surface area contributed by atoms with E-state index >= 15 is 0 Å². The van der Waals surface area contributed by atoms with Gasteiger partial charge in [0.1, 0.15) is 4.99 Å². The average Bonchev–Trinajstić information content (AvgIpc) is 2.39. The fourth-order valence-electron chi connectivity index (χ4n) is 2.08. The summed E-state index contributed by atoms with van der Waals surface area (Å²) in [5, 5.41) is 9.57. The molecule has 5 nitrogen and oxygen atoms in total. The highest BCUT2D eigenvalue weighted by Gasteiger charge is 2.29. The summed E-state index contributed by atoms with van der Waals surface area (Å²) in [7, 11) is -3.55. The van der Waals surface area contributed by atoms with Gasteiger partial charge in [0.25, 0.3) is 0 Å². The van der Waals surface area contributed by atoms with Crippen molar-refractivity contribution < 1.29 is 13.5 Å². The predicted molar refractivity (Wildman–Crippen MR) is 76.3 cm³/mol. The number of nitrogens with two attached hydrogens (primary N) is 1. The van der Waals surface area contributed by atoms with E-state index in [2.05, 4.69) is 0 Å². The molecule has 1 aromatic carbocycles. The van der Waals surface area contributed by atoms with E-state index in [0.29, 0.717) is 24.9 Å². The molecule has 2 rings (SSSR count). The van der Waals surface area contributed by atoms with Crippen LogP contribution in [0.4, 0.5) is 0 Å². The maximum absolute atomic E-state index is 12.4. The van der Waals surface area contributed by atoms with Crippen LogP contribution in [0.5, 0.6) is 0 Å². The van der Waals surface area contributed by atoms with Gasteiger partial charge in [-0.2, -0.15) is 4.31 Å². The van der Waals surface area contributed by atoms with Crippen LogP contribution in [0.15, 0.2) is 29.2 Å². The minimum absolute atomic E-state index is 0.152. The number of sulfonamides is 1. The number of benzene rings is 1. The molecule has 0 saturated carbocycles. The zero-order chi connectivity index (χ0) is 14.0. The fraction of sp³-hybridized carbons (Fsp3) is 0.417. The van der Waals surface area contributed by atoms with Gasteiger partial charge in [-0.05, 0) is 25.0 Å². The Labute approximate surface area is 118 Å².